The smallest absolute Gasteiger partial charge is 0.205 e. The minimum atomic E-state index is 0.201. The molecular formula is C20H29BN4. The van der Waals surface area contributed by atoms with Crippen LogP contribution in [0.15, 0.2) is 60.8 Å². The standard InChI is InChI=1S/C20H29BN4/c1-6-17(7-2)18(8-3)15-21(4)19-16-23-25-14-12-10-9-11-13-22-24(5)20(19)25/h6-8,12,14-16,22H,1,3,9-11,13H2,2,4-5H3/b14-12?,17-7+,18-15+. The van der Waals surface area contributed by atoms with Crippen LogP contribution in [0, 0.1) is 0 Å². The minimum absolute atomic E-state index is 0.201. The summed E-state index contributed by atoms with van der Waals surface area (Å²) in [6.07, 6.45) is 15.5. The molecule has 1 aromatic rings. The normalized spacial score (nSPS) is 16.4. The Morgan fingerprint density at radius 3 is 2.72 bits per heavy atom. The van der Waals surface area contributed by atoms with E-state index in [0.29, 0.717) is 0 Å². The van der Waals surface area contributed by atoms with E-state index in [0.717, 1.165) is 36.4 Å². The highest BCUT2D eigenvalue weighted by Gasteiger charge is 2.20. The van der Waals surface area contributed by atoms with Crippen LogP contribution in [-0.4, -0.2) is 30.1 Å². The monoisotopic (exact) mass is 336 g/mol. The van der Waals surface area contributed by atoms with Gasteiger partial charge in [0.1, 0.15) is 5.82 Å². The molecule has 0 atom stereocenters. The molecule has 0 fully saturated rings. The molecular weight excluding hydrogens is 307 g/mol. The van der Waals surface area contributed by atoms with E-state index in [1.54, 1.807) is 0 Å². The summed E-state index contributed by atoms with van der Waals surface area (Å²) in [7, 11) is 2.05. The van der Waals surface area contributed by atoms with Crippen molar-refractivity contribution >= 4 is 24.2 Å². The average molecular weight is 336 g/mol. The van der Waals surface area contributed by atoms with Crippen molar-refractivity contribution in [1.82, 2.24) is 15.2 Å². The van der Waals surface area contributed by atoms with Crippen LogP contribution >= 0.6 is 0 Å². The largest absolute Gasteiger partial charge is 0.296 e. The number of hydrogen-bond acceptors (Lipinski definition) is 3. The summed E-state index contributed by atoms with van der Waals surface area (Å²) in [6, 6.07) is 0. The molecule has 25 heavy (non-hydrogen) atoms. The fourth-order valence-electron chi connectivity index (χ4n) is 3.07. The van der Waals surface area contributed by atoms with Gasteiger partial charge in [-0.3, -0.25) is 5.01 Å². The van der Waals surface area contributed by atoms with Crippen LogP contribution in [0.2, 0.25) is 6.82 Å². The van der Waals surface area contributed by atoms with Crippen LogP contribution in [0.25, 0.3) is 6.20 Å². The van der Waals surface area contributed by atoms with Gasteiger partial charge in [-0.1, -0.05) is 44.3 Å². The average Bonchev–Trinajstić information content (AvgIpc) is 3.05. The molecule has 1 N–H and O–H groups in total. The van der Waals surface area contributed by atoms with Gasteiger partial charge in [0.2, 0.25) is 6.71 Å². The number of rotatable bonds is 5. The highest BCUT2D eigenvalue weighted by atomic mass is 15.5. The van der Waals surface area contributed by atoms with Crippen LogP contribution < -0.4 is 15.9 Å². The third-order valence-electron chi connectivity index (χ3n) is 4.51. The molecule has 4 nitrogen and oxygen atoms in total. The molecule has 0 unspecified atom stereocenters. The van der Waals surface area contributed by atoms with Gasteiger partial charge in [0.15, 0.2) is 0 Å². The summed E-state index contributed by atoms with van der Waals surface area (Å²) < 4.78 is 1.95. The van der Waals surface area contributed by atoms with Crippen LogP contribution in [0.4, 0.5) is 5.82 Å². The van der Waals surface area contributed by atoms with Gasteiger partial charge in [0.05, 0.1) is 0 Å². The molecule has 2 heterocycles. The second-order valence-electron chi connectivity index (χ2n) is 6.28. The summed E-state index contributed by atoms with van der Waals surface area (Å²) in [5, 5.41) is 6.66. The minimum Gasteiger partial charge on any atom is -0.296 e. The highest BCUT2D eigenvalue weighted by Crippen LogP contribution is 2.16. The molecule has 0 aromatic carbocycles. The Morgan fingerprint density at radius 2 is 2.04 bits per heavy atom. The number of fused-ring (bicyclic) bond motifs is 1. The fourth-order valence-corrected chi connectivity index (χ4v) is 3.07. The zero-order chi connectivity index (χ0) is 18.2. The lowest BCUT2D eigenvalue weighted by Gasteiger charge is -2.23. The maximum absolute atomic E-state index is 4.58. The Kier molecular flexibility index (Phi) is 7.08. The van der Waals surface area contributed by atoms with Crippen molar-refractivity contribution in [2.45, 2.75) is 33.0 Å². The first kappa shape index (κ1) is 19.1. The summed E-state index contributed by atoms with van der Waals surface area (Å²) >= 11 is 0. The van der Waals surface area contributed by atoms with Gasteiger partial charge in [-0.25, -0.2) is 10.1 Å². The maximum atomic E-state index is 4.58. The van der Waals surface area contributed by atoms with Crippen molar-refractivity contribution in [2.24, 2.45) is 0 Å². The first-order valence-corrected chi connectivity index (χ1v) is 8.97. The van der Waals surface area contributed by atoms with E-state index >= 15 is 0 Å². The molecule has 2 rings (SSSR count). The van der Waals surface area contributed by atoms with E-state index in [2.05, 4.69) is 66.9 Å². The van der Waals surface area contributed by atoms with Crippen molar-refractivity contribution in [1.29, 1.82) is 0 Å². The Labute approximate surface area is 152 Å². The van der Waals surface area contributed by atoms with Crippen molar-refractivity contribution in [3.63, 3.8) is 0 Å². The predicted octanol–water partition coefficient (Wildman–Crippen LogP) is 3.59. The van der Waals surface area contributed by atoms with Crippen molar-refractivity contribution in [3.8, 4) is 0 Å². The van der Waals surface area contributed by atoms with Crippen molar-refractivity contribution in [3.05, 3.63) is 60.8 Å². The van der Waals surface area contributed by atoms with Gasteiger partial charge >= 0.3 is 0 Å². The van der Waals surface area contributed by atoms with Crippen molar-refractivity contribution in [2.75, 3.05) is 18.6 Å². The van der Waals surface area contributed by atoms with E-state index in [1.807, 2.05) is 30.0 Å². The van der Waals surface area contributed by atoms with Crippen LogP contribution in [0.3, 0.4) is 0 Å². The van der Waals surface area contributed by atoms with Gasteiger partial charge in [-0.2, -0.15) is 5.10 Å². The van der Waals surface area contributed by atoms with E-state index < -0.39 is 0 Å². The zero-order valence-electron chi connectivity index (χ0n) is 15.7. The third-order valence-corrected chi connectivity index (χ3v) is 4.51. The highest BCUT2D eigenvalue weighted by molar-refractivity contribution is 6.78. The van der Waals surface area contributed by atoms with Gasteiger partial charge in [0.25, 0.3) is 0 Å². The van der Waals surface area contributed by atoms with E-state index in [-0.39, 0.29) is 6.71 Å². The molecule has 0 bridgehead atoms. The number of nitrogens with zero attached hydrogens (tertiary/aromatic N) is 3. The first-order chi connectivity index (χ1) is 12.1. The summed E-state index contributed by atoms with van der Waals surface area (Å²) in [5.41, 5.74) is 6.84. The quantitative estimate of drug-likeness (QED) is 0.659. The van der Waals surface area contributed by atoms with Crippen LogP contribution in [0.1, 0.15) is 26.2 Å². The maximum Gasteiger partial charge on any atom is 0.205 e. The topological polar surface area (TPSA) is 33.1 Å². The number of allylic oxidation sites excluding steroid dienone is 6. The Bertz CT molecular complexity index is 697. The molecule has 0 saturated heterocycles. The first-order valence-electron chi connectivity index (χ1n) is 8.97. The van der Waals surface area contributed by atoms with Gasteiger partial charge in [0, 0.05) is 26.0 Å². The molecule has 132 valence electrons. The Balaban J connectivity index is 2.42. The molecule has 1 aliphatic heterocycles. The third kappa shape index (κ3) is 4.64. The second-order valence-corrected chi connectivity index (χ2v) is 6.28. The Hall–Kier alpha value is -2.27. The molecule has 0 spiro atoms. The number of hydrazine groups is 1. The molecule has 0 radical (unpaired) electrons. The van der Waals surface area contributed by atoms with Crippen LogP contribution in [-0.2, 0) is 0 Å². The number of aromatic nitrogens is 2. The van der Waals surface area contributed by atoms with Crippen molar-refractivity contribution < 1.29 is 0 Å². The lowest BCUT2D eigenvalue weighted by Crippen LogP contribution is -2.41. The van der Waals surface area contributed by atoms with Gasteiger partial charge in [-0.05, 0) is 42.8 Å². The molecule has 0 aliphatic carbocycles. The van der Waals surface area contributed by atoms with E-state index in [1.165, 1.54) is 11.9 Å². The second kappa shape index (κ2) is 9.28. The summed E-state index contributed by atoms with van der Waals surface area (Å²) in [5.74, 6) is 3.30. The fraction of sp³-hybridized carbons (Fsp3) is 0.350. The van der Waals surface area contributed by atoms with Gasteiger partial charge < -0.3 is 0 Å². The SMILES string of the molecule is C=CC(=C\C)/C(C=C)=C/B(C)c1cnn2c1N(C)NCCCCC=C2. The Morgan fingerprint density at radius 1 is 1.28 bits per heavy atom. The molecule has 1 aromatic heterocycles. The number of hydrogen-bond donors (Lipinski definition) is 1. The number of anilines is 1. The number of nitrogens with one attached hydrogen (secondary N) is 1. The molecule has 0 saturated carbocycles. The van der Waals surface area contributed by atoms with E-state index in [4.69, 9.17) is 0 Å². The lowest BCUT2D eigenvalue weighted by molar-refractivity contribution is 0.606. The molecule has 1 aliphatic rings. The van der Waals surface area contributed by atoms with Gasteiger partial charge in [-0.15, -0.1) is 5.98 Å². The zero-order valence-corrected chi connectivity index (χ0v) is 15.7. The summed E-state index contributed by atoms with van der Waals surface area (Å²) in [4.78, 5) is 0. The lowest BCUT2D eigenvalue weighted by atomic mass is 9.46. The van der Waals surface area contributed by atoms with Crippen LogP contribution in [0.5, 0.6) is 0 Å². The molecule has 5 heteroatoms. The summed E-state index contributed by atoms with van der Waals surface area (Å²) in [6.45, 7) is 13.2. The molecule has 0 amide bonds. The predicted molar refractivity (Wildman–Crippen MR) is 111 cm³/mol. The van der Waals surface area contributed by atoms with E-state index in [9.17, 15) is 0 Å².